The summed E-state index contributed by atoms with van der Waals surface area (Å²) < 4.78 is 0. The maximum absolute atomic E-state index is 3.65. The van der Waals surface area contributed by atoms with Gasteiger partial charge >= 0.3 is 0 Å². The van der Waals surface area contributed by atoms with Crippen LogP contribution in [0.2, 0.25) is 0 Å². The van der Waals surface area contributed by atoms with Crippen molar-refractivity contribution in [1.29, 1.82) is 0 Å². The summed E-state index contributed by atoms with van der Waals surface area (Å²) >= 11 is 0. The summed E-state index contributed by atoms with van der Waals surface area (Å²) in [7, 11) is 0. The van der Waals surface area contributed by atoms with Gasteiger partial charge in [0.25, 0.3) is 0 Å². The molecule has 2 aliphatic heterocycles. The molecule has 2 rings (SSSR count). The van der Waals surface area contributed by atoms with Crippen LogP contribution in [0.15, 0.2) is 0 Å². The van der Waals surface area contributed by atoms with Gasteiger partial charge in [0.15, 0.2) is 0 Å². The van der Waals surface area contributed by atoms with Crippen LogP contribution in [-0.4, -0.2) is 36.1 Å². The molecule has 1 N–H and O–H groups in total. The third-order valence-electron chi connectivity index (χ3n) is 4.57. The van der Waals surface area contributed by atoms with Crippen LogP contribution in [0.3, 0.4) is 0 Å². The number of fused-ring (bicyclic) bond motifs is 2. The van der Waals surface area contributed by atoms with Gasteiger partial charge in [-0.3, -0.25) is 4.90 Å². The zero-order valence-corrected chi connectivity index (χ0v) is 11.9. The molecule has 0 amide bonds. The minimum absolute atomic E-state index is 0.804. The van der Waals surface area contributed by atoms with E-state index in [-0.39, 0.29) is 0 Å². The van der Waals surface area contributed by atoms with E-state index < -0.39 is 0 Å². The zero-order valence-electron chi connectivity index (χ0n) is 11.9. The molecule has 17 heavy (non-hydrogen) atoms. The summed E-state index contributed by atoms with van der Waals surface area (Å²) in [5.74, 6) is 0.868. The standard InChI is InChI=1S/C15H30N2/c1-4-16-13-10-14-7-8-15(11-13)17(14)9-5-6-12(2)3/h12-16H,4-11H2,1-3H3. The second-order valence-corrected chi connectivity index (χ2v) is 6.38. The van der Waals surface area contributed by atoms with Crippen molar-refractivity contribution in [2.75, 3.05) is 13.1 Å². The van der Waals surface area contributed by atoms with Gasteiger partial charge < -0.3 is 5.32 Å². The molecule has 2 heteroatoms. The molecule has 0 aromatic carbocycles. The van der Waals surface area contributed by atoms with E-state index in [4.69, 9.17) is 0 Å². The number of hydrogen-bond acceptors (Lipinski definition) is 2. The fraction of sp³-hybridized carbons (Fsp3) is 1.00. The summed E-state index contributed by atoms with van der Waals surface area (Å²) in [4.78, 5) is 2.83. The molecule has 0 aromatic heterocycles. The van der Waals surface area contributed by atoms with Crippen LogP contribution in [0.4, 0.5) is 0 Å². The molecule has 0 spiro atoms. The van der Waals surface area contributed by atoms with Crippen molar-refractivity contribution in [1.82, 2.24) is 10.2 Å². The monoisotopic (exact) mass is 238 g/mol. The summed E-state index contributed by atoms with van der Waals surface area (Å²) in [5, 5.41) is 3.65. The van der Waals surface area contributed by atoms with Gasteiger partial charge in [-0.2, -0.15) is 0 Å². The van der Waals surface area contributed by atoms with Gasteiger partial charge in [-0.1, -0.05) is 20.8 Å². The highest BCUT2D eigenvalue weighted by atomic mass is 15.2. The summed E-state index contributed by atoms with van der Waals surface area (Å²) in [5.41, 5.74) is 0. The van der Waals surface area contributed by atoms with Crippen molar-refractivity contribution < 1.29 is 0 Å². The quantitative estimate of drug-likeness (QED) is 0.765. The molecule has 2 atom stereocenters. The van der Waals surface area contributed by atoms with Crippen molar-refractivity contribution >= 4 is 0 Å². The Labute approximate surface area is 107 Å². The lowest BCUT2D eigenvalue weighted by Crippen LogP contribution is -2.49. The van der Waals surface area contributed by atoms with Gasteiger partial charge in [0.05, 0.1) is 0 Å². The molecule has 2 bridgehead atoms. The van der Waals surface area contributed by atoms with Crippen molar-refractivity contribution in [3.63, 3.8) is 0 Å². The predicted molar refractivity (Wildman–Crippen MR) is 74.3 cm³/mol. The molecule has 2 heterocycles. The molecule has 0 aliphatic carbocycles. The van der Waals surface area contributed by atoms with Crippen LogP contribution >= 0.6 is 0 Å². The number of hydrogen-bond donors (Lipinski definition) is 1. The molecule has 100 valence electrons. The molecule has 2 fully saturated rings. The molecule has 2 saturated heterocycles. The zero-order chi connectivity index (χ0) is 12.3. The molecule has 2 nitrogen and oxygen atoms in total. The van der Waals surface area contributed by atoms with E-state index in [0.29, 0.717) is 0 Å². The highest BCUT2D eigenvalue weighted by molar-refractivity contribution is 4.97. The van der Waals surface area contributed by atoms with Gasteiger partial charge in [0.1, 0.15) is 0 Å². The SMILES string of the molecule is CCNC1CC2CCC(C1)N2CCCC(C)C. The molecular formula is C15H30N2. The van der Waals surface area contributed by atoms with Gasteiger partial charge in [0.2, 0.25) is 0 Å². The van der Waals surface area contributed by atoms with Crippen LogP contribution in [0, 0.1) is 5.92 Å². The Morgan fingerprint density at radius 1 is 1.18 bits per heavy atom. The second kappa shape index (κ2) is 6.19. The van der Waals surface area contributed by atoms with Crippen molar-refractivity contribution in [3.8, 4) is 0 Å². The Hall–Kier alpha value is -0.0800. The molecule has 2 unspecified atom stereocenters. The van der Waals surface area contributed by atoms with E-state index in [1.54, 1.807) is 0 Å². The summed E-state index contributed by atoms with van der Waals surface area (Å²) in [6.07, 6.45) is 8.49. The first-order chi connectivity index (χ1) is 8.20. The van der Waals surface area contributed by atoms with Crippen LogP contribution in [-0.2, 0) is 0 Å². The molecule has 2 aliphatic rings. The third kappa shape index (κ3) is 3.45. The average Bonchev–Trinajstić information content (AvgIpc) is 2.52. The van der Waals surface area contributed by atoms with E-state index in [2.05, 4.69) is 31.0 Å². The van der Waals surface area contributed by atoms with E-state index in [1.165, 1.54) is 45.1 Å². The van der Waals surface area contributed by atoms with Crippen molar-refractivity contribution in [2.24, 2.45) is 5.92 Å². The first-order valence-electron chi connectivity index (χ1n) is 7.69. The minimum atomic E-state index is 0.804. The first-order valence-corrected chi connectivity index (χ1v) is 7.69. The van der Waals surface area contributed by atoms with Crippen LogP contribution < -0.4 is 5.32 Å². The molecular weight excluding hydrogens is 208 g/mol. The second-order valence-electron chi connectivity index (χ2n) is 6.38. The van der Waals surface area contributed by atoms with E-state index in [1.807, 2.05) is 0 Å². The summed E-state index contributed by atoms with van der Waals surface area (Å²) in [6, 6.07) is 2.59. The largest absolute Gasteiger partial charge is 0.314 e. The van der Waals surface area contributed by atoms with Gasteiger partial charge in [-0.05, 0) is 57.5 Å². The topological polar surface area (TPSA) is 15.3 Å². The number of rotatable bonds is 6. The summed E-state index contributed by atoms with van der Waals surface area (Å²) in [6.45, 7) is 9.40. The smallest absolute Gasteiger partial charge is 0.0114 e. The Balaban J connectivity index is 1.78. The molecule has 0 radical (unpaired) electrons. The predicted octanol–water partition coefficient (Wildman–Crippen LogP) is 3.03. The Kier molecular flexibility index (Phi) is 4.87. The highest BCUT2D eigenvalue weighted by Gasteiger charge is 2.39. The Morgan fingerprint density at radius 2 is 1.82 bits per heavy atom. The van der Waals surface area contributed by atoms with E-state index >= 15 is 0 Å². The normalized spacial score (nSPS) is 33.5. The van der Waals surface area contributed by atoms with Crippen LogP contribution in [0.25, 0.3) is 0 Å². The van der Waals surface area contributed by atoms with Crippen LogP contribution in [0.5, 0.6) is 0 Å². The molecule has 0 saturated carbocycles. The number of nitrogens with one attached hydrogen (secondary N) is 1. The highest BCUT2D eigenvalue weighted by Crippen LogP contribution is 2.35. The number of piperidine rings is 1. The average molecular weight is 238 g/mol. The van der Waals surface area contributed by atoms with Gasteiger partial charge in [0, 0.05) is 18.1 Å². The Bertz CT molecular complexity index is 213. The lowest BCUT2D eigenvalue weighted by molar-refractivity contribution is 0.114. The molecule has 0 aromatic rings. The maximum atomic E-state index is 3.65. The Morgan fingerprint density at radius 3 is 2.35 bits per heavy atom. The van der Waals surface area contributed by atoms with E-state index in [0.717, 1.165) is 30.6 Å². The fourth-order valence-corrected chi connectivity index (χ4v) is 3.78. The lowest BCUT2D eigenvalue weighted by atomic mass is 9.96. The third-order valence-corrected chi connectivity index (χ3v) is 4.57. The van der Waals surface area contributed by atoms with Crippen molar-refractivity contribution in [2.45, 2.75) is 77.4 Å². The van der Waals surface area contributed by atoms with Gasteiger partial charge in [-0.25, -0.2) is 0 Å². The van der Waals surface area contributed by atoms with Gasteiger partial charge in [-0.15, -0.1) is 0 Å². The fourth-order valence-electron chi connectivity index (χ4n) is 3.78. The number of nitrogens with zero attached hydrogens (tertiary/aromatic N) is 1. The van der Waals surface area contributed by atoms with E-state index in [9.17, 15) is 0 Å². The first kappa shape index (κ1) is 13.4. The minimum Gasteiger partial charge on any atom is -0.314 e. The van der Waals surface area contributed by atoms with Crippen LogP contribution in [0.1, 0.15) is 59.3 Å². The lowest BCUT2D eigenvalue weighted by Gasteiger charge is -2.39. The maximum Gasteiger partial charge on any atom is 0.0114 e. The van der Waals surface area contributed by atoms with Crippen molar-refractivity contribution in [3.05, 3.63) is 0 Å².